The molecule has 6 heteroatoms. The number of hydrogen-bond donors (Lipinski definition) is 2. The van der Waals surface area contributed by atoms with Gasteiger partial charge in [-0.1, -0.05) is 6.07 Å². The third-order valence-corrected chi connectivity index (χ3v) is 2.98. The number of halogens is 3. The van der Waals surface area contributed by atoms with Crippen molar-refractivity contribution in [3.8, 4) is 5.75 Å². The van der Waals surface area contributed by atoms with Gasteiger partial charge in [0.1, 0.15) is 5.75 Å². The van der Waals surface area contributed by atoms with E-state index >= 15 is 0 Å². The third-order valence-electron chi connectivity index (χ3n) is 2.98. The van der Waals surface area contributed by atoms with Crippen molar-refractivity contribution in [2.45, 2.75) is 12.2 Å². The minimum absolute atomic E-state index is 0.217. The maximum absolute atomic E-state index is 13.0. The molecule has 1 heterocycles. The lowest BCUT2D eigenvalue weighted by Crippen LogP contribution is -2.43. The van der Waals surface area contributed by atoms with Crippen LogP contribution >= 0.6 is 0 Å². The molecule has 2 rings (SSSR count). The van der Waals surface area contributed by atoms with Crippen LogP contribution in [0.1, 0.15) is 17.2 Å². The Labute approximate surface area is 103 Å². The molecule has 1 aromatic carbocycles. The minimum Gasteiger partial charge on any atom is -0.497 e. The second-order valence-electron chi connectivity index (χ2n) is 4.16. The molecule has 0 amide bonds. The topological polar surface area (TPSA) is 33.3 Å². The Hall–Kier alpha value is -1.27. The highest BCUT2D eigenvalue weighted by Gasteiger charge is 2.36. The lowest BCUT2D eigenvalue weighted by atomic mass is 9.98. The molecular weight excluding hydrogens is 245 g/mol. The van der Waals surface area contributed by atoms with Crippen molar-refractivity contribution in [3.63, 3.8) is 0 Å². The number of piperazine rings is 1. The van der Waals surface area contributed by atoms with Crippen molar-refractivity contribution in [2.75, 3.05) is 26.7 Å². The first-order valence-corrected chi connectivity index (χ1v) is 5.71. The van der Waals surface area contributed by atoms with Crippen molar-refractivity contribution in [1.29, 1.82) is 0 Å². The molecule has 3 nitrogen and oxygen atoms in total. The molecule has 0 unspecified atom stereocenters. The molecule has 0 bridgehead atoms. The summed E-state index contributed by atoms with van der Waals surface area (Å²) < 4.78 is 43.9. The highest BCUT2D eigenvalue weighted by Crippen LogP contribution is 2.36. The molecule has 1 aliphatic rings. The summed E-state index contributed by atoms with van der Waals surface area (Å²) in [7, 11) is 1.36. The van der Waals surface area contributed by atoms with E-state index < -0.39 is 11.7 Å². The molecule has 0 radical (unpaired) electrons. The Morgan fingerprint density at radius 3 is 2.61 bits per heavy atom. The van der Waals surface area contributed by atoms with E-state index in [0.717, 1.165) is 12.6 Å². The number of alkyl halides is 3. The fourth-order valence-corrected chi connectivity index (χ4v) is 2.08. The molecule has 18 heavy (non-hydrogen) atoms. The average Bonchev–Trinajstić information content (AvgIpc) is 2.38. The standard InChI is InChI=1S/C12H15F3N2O/c1-18-8-2-3-9(10(6-8)12(13,14)15)11-7-16-4-5-17-11/h2-3,6,11,16-17H,4-5,7H2,1H3/t11-/m0/s1. The number of hydrogen-bond acceptors (Lipinski definition) is 3. The molecule has 1 aromatic rings. The summed E-state index contributed by atoms with van der Waals surface area (Å²) in [4.78, 5) is 0. The monoisotopic (exact) mass is 260 g/mol. The van der Waals surface area contributed by atoms with E-state index in [1.807, 2.05) is 0 Å². The van der Waals surface area contributed by atoms with Gasteiger partial charge in [-0.15, -0.1) is 0 Å². The summed E-state index contributed by atoms with van der Waals surface area (Å²) in [5.41, 5.74) is -0.376. The lowest BCUT2D eigenvalue weighted by Gasteiger charge is -2.27. The zero-order valence-corrected chi connectivity index (χ0v) is 9.97. The summed E-state index contributed by atoms with van der Waals surface area (Å²) in [6.07, 6.45) is -4.37. The Bertz CT molecular complexity index is 414. The zero-order chi connectivity index (χ0) is 13.2. The lowest BCUT2D eigenvalue weighted by molar-refractivity contribution is -0.138. The SMILES string of the molecule is COc1ccc([C@@H]2CNCCN2)c(C(F)(F)F)c1. The Balaban J connectivity index is 2.38. The fraction of sp³-hybridized carbons (Fsp3) is 0.500. The molecular formula is C12H15F3N2O. The number of methoxy groups -OCH3 is 1. The van der Waals surface area contributed by atoms with Gasteiger partial charge in [-0.3, -0.25) is 0 Å². The first-order valence-electron chi connectivity index (χ1n) is 5.71. The highest BCUT2D eigenvalue weighted by atomic mass is 19.4. The van der Waals surface area contributed by atoms with Gasteiger partial charge in [0.25, 0.3) is 0 Å². The summed E-state index contributed by atoms with van der Waals surface area (Å²) >= 11 is 0. The van der Waals surface area contributed by atoms with E-state index in [0.29, 0.717) is 13.1 Å². The van der Waals surface area contributed by atoms with Crippen LogP contribution in [0.2, 0.25) is 0 Å². The first kappa shape index (κ1) is 13.2. The largest absolute Gasteiger partial charge is 0.497 e. The average molecular weight is 260 g/mol. The van der Waals surface area contributed by atoms with Gasteiger partial charge in [-0.25, -0.2) is 0 Å². The van der Waals surface area contributed by atoms with E-state index in [4.69, 9.17) is 4.74 Å². The Morgan fingerprint density at radius 2 is 2.06 bits per heavy atom. The predicted octanol–water partition coefficient (Wildman–Crippen LogP) is 1.95. The molecule has 0 aliphatic carbocycles. The van der Waals surface area contributed by atoms with Crippen LogP contribution in [0.3, 0.4) is 0 Å². The Morgan fingerprint density at radius 1 is 1.28 bits per heavy atom. The van der Waals surface area contributed by atoms with Crippen LogP contribution in [-0.2, 0) is 6.18 Å². The van der Waals surface area contributed by atoms with Crippen LogP contribution in [0.25, 0.3) is 0 Å². The number of benzene rings is 1. The number of nitrogens with one attached hydrogen (secondary N) is 2. The molecule has 2 N–H and O–H groups in total. The van der Waals surface area contributed by atoms with Crippen LogP contribution in [-0.4, -0.2) is 26.7 Å². The van der Waals surface area contributed by atoms with Gasteiger partial charge in [0.05, 0.1) is 12.7 Å². The van der Waals surface area contributed by atoms with E-state index in [2.05, 4.69) is 10.6 Å². The molecule has 1 atom stereocenters. The van der Waals surface area contributed by atoms with E-state index in [9.17, 15) is 13.2 Å². The maximum atomic E-state index is 13.0. The van der Waals surface area contributed by atoms with Gasteiger partial charge in [0.15, 0.2) is 0 Å². The van der Waals surface area contributed by atoms with Crippen molar-refractivity contribution in [3.05, 3.63) is 29.3 Å². The van der Waals surface area contributed by atoms with E-state index in [1.54, 1.807) is 6.07 Å². The predicted molar refractivity (Wildman–Crippen MR) is 61.6 cm³/mol. The van der Waals surface area contributed by atoms with Crippen molar-refractivity contribution in [2.24, 2.45) is 0 Å². The summed E-state index contributed by atoms with van der Waals surface area (Å²) in [5, 5.41) is 6.16. The second kappa shape index (κ2) is 5.16. The zero-order valence-electron chi connectivity index (χ0n) is 9.97. The quantitative estimate of drug-likeness (QED) is 0.852. The smallest absolute Gasteiger partial charge is 0.416 e. The van der Waals surface area contributed by atoms with Gasteiger partial charge in [0, 0.05) is 25.7 Å². The van der Waals surface area contributed by atoms with Crippen LogP contribution in [0.4, 0.5) is 13.2 Å². The number of ether oxygens (including phenoxy) is 1. The maximum Gasteiger partial charge on any atom is 0.416 e. The molecule has 1 aliphatic heterocycles. The van der Waals surface area contributed by atoms with Gasteiger partial charge in [0.2, 0.25) is 0 Å². The first-order chi connectivity index (χ1) is 8.52. The molecule has 100 valence electrons. The van der Waals surface area contributed by atoms with Crippen molar-refractivity contribution in [1.82, 2.24) is 10.6 Å². The van der Waals surface area contributed by atoms with Gasteiger partial charge in [-0.2, -0.15) is 13.2 Å². The van der Waals surface area contributed by atoms with Crippen LogP contribution in [0.15, 0.2) is 18.2 Å². The molecule has 0 spiro atoms. The summed E-state index contributed by atoms with van der Waals surface area (Å²) in [5.74, 6) is 0.217. The van der Waals surface area contributed by atoms with Crippen molar-refractivity contribution < 1.29 is 17.9 Å². The normalized spacial score (nSPS) is 20.8. The van der Waals surface area contributed by atoms with Crippen LogP contribution in [0, 0.1) is 0 Å². The summed E-state index contributed by atoms with van der Waals surface area (Å²) in [6, 6.07) is 3.76. The molecule has 1 saturated heterocycles. The van der Waals surface area contributed by atoms with Crippen LogP contribution in [0.5, 0.6) is 5.75 Å². The molecule has 0 aromatic heterocycles. The second-order valence-corrected chi connectivity index (χ2v) is 4.16. The van der Waals surface area contributed by atoms with E-state index in [1.165, 1.54) is 13.2 Å². The fourth-order valence-electron chi connectivity index (χ4n) is 2.08. The van der Waals surface area contributed by atoms with Crippen molar-refractivity contribution >= 4 is 0 Å². The molecule has 1 fully saturated rings. The molecule has 0 saturated carbocycles. The van der Waals surface area contributed by atoms with Gasteiger partial charge < -0.3 is 15.4 Å². The van der Waals surface area contributed by atoms with Crippen LogP contribution < -0.4 is 15.4 Å². The number of rotatable bonds is 2. The van der Waals surface area contributed by atoms with E-state index in [-0.39, 0.29) is 17.4 Å². The third kappa shape index (κ3) is 2.76. The van der Waals surface area contributed by atoms with Gasteiger partial charge >= 0.3 is 6.18 Å². The highest BCUT2D eigenvalue weighted by molar-refractivity contribution is 5.39. The summed E-state index contributed by atoms with van der Waals surface area (Å²) in [6.45, 7) is 1.93. The Kier molecular flexibility index (Phi) is 3.77. The van der Waals surface area contributed by atoms with Gasteiger partial charge in [-0.05, 0) is 17.7 Å². The minimum atomic E-state index is -4.37.